The Kier molecular flexibility index (Phi) is 9.26. The number of nitrogens with zero attached hydrogens (tertiary/aromatic N) is 1. The summed E-state index contributed by atoms with van der Waals surface area (Å²) in [6.45, 7) is 4.69. The molecule has 0 radical (unpaired) electrons. The van der Waals surface area contributed by atoms with Gasteiger partial charge in [0.25, 0.3) is 5.91 Å². The molecule has 0 saturated heterocycles. The third-order valence-corrected chi connectivity index (χ3v) is 3.74. The van der Waals surface area contributed by atoms with E-state index in [1.165, 1.54) is 0 Å². The van der Waals surface area contributed by atoms with Crippen LogP contribution in [-0.4, -0.2) is 57.8 Å². The Balaban J connectivity index is 0.00000312. The monoisotopic (exact) mass is 371 g/mol. The van der Waals surface area contributed by atoms with Crippen molar-refractivity contribution in [3.8, 4) is 5.75 Å². The molecule has 1 unspecified atom stereocenters. The van der Waals surface area contributed by atoms with Crippen LogP contribution in [-0.2, 0) is 14.3 Å². The Labute approximate surface area is 154 Å². The van der Waals surface area contributed by atoms with Gasteiger partial charge >= 0.3 is 0 Å². The van der Waals surface area contributed by atoms with Gasteiger partial charge in [-0.1, -0.05) is 12.1 Å². The lowest BCUT2D eigenvalue weighted by Gasteiger charge is -2.32. The van der Waals surface area contributed by atoms with Gasteiger partial charge in [0.15, 0.2) is 6.10 Å². The normalized spacial score (nSPS) is 15.8. The molecule has 1 atom stereocenters. The fraction of sp³-hybridized carbons (Fsp3) is 0.529. The molecule has 1 heterocycles. The molecule has 2 rings (SSSR count). The number of hydrogen-bond acceptors (Lipinski definition) is 5. The molecule has 0 fully saturated rings. The molecule has 0 aromatic heterocycles. The number of hydrogen-bond donors (Lipinski definition) is 2. The molecule has 0 saturated carbocycles. The lowest BCUT2D eigenvalue weighted by Crippen LogP contribution is -2.46. The van der Waals surface area contributed by atoms with Crippen molar-refractivity contribution in [1.29, 1.82) is 0 Å². The third kappa shape index (κ3) is 6.19. The van der Waals surface area contributed by atoms with Crippen molar-refractivity contribution in [3.05, 3.63) is 24.3 Å². The van der Waals surface area contributed by atoms with Crippen molar-refractivity contribution in [3.63, 3.8) is 0 Å². The second-order valence-corrected chi connectivity index (χ2v) is 5.56. The Morgan fingerprint density at radius 3 is 2.80 bits per heavy atom. The summed E-state index contributed by atoms with van der Waals surface area (Å²) in [7, 11) is 1.65. The average molecular weight is 372 g/mol. The summed E-state index contributed by atoms with van der Waals surface area (Å²) in [6.07, 6.45) is -0.279. The number of benzene rings is 1. The maximum atomic E-state index is 12.3. The number of fused-ring (bicyclic) bond motifs is 1. The van der Waals surface area contributed by atoms with Gasteiger partial charge in [0, 0.05) is 39.7 Å². The molecular weight excluding hydrogens is 346 g/mol. The highest BCUT2D eigenvalue weighted by Crippen LogP contribution is 2.33. The van der Waals surface area contributed by atoms with Crippen molar-refractivity contribution in [2.24, 2.45) is 0 Å². The summed E-state index contributed by atoms with van der Waals surface area (Å²) < 4.78 is 10.5. The lowest BCUT2D eigenvalue weighted by atomic mass is 10.1. The van der Waals surface area contributed by atoms with Crippen LogP contribution in [0.2, 0.25) is 0 Å². The summed E-state index contributed by atoms with van der Waals surface area (Å²) >= 11 is 0. The van der Waals surface area contributed by atoms with E-state index in [9.17, 15) is 9.59 Å². The molecule has 1 aliphatic heterocycles. The summed E-state index contributed by atoms with van der Waals surface area (Å²) in [5, 5.41) is 5.99. The number of para-hydroxylation sites is 2. The molecule has 2 amide bonds. The standard InChI is InChI=1S/C17H25N3O4.ClH/c1-13-17(22)20(14-5-3-4-6-15(14)24-13)11-7-16(21)19-9-8-18-10-12-23-2;/h3-6,13,18H,7-12H2,1-2H3,(H,19,21);1H. The number of amides is 2. The number of ether oxygens (including phenoxy) is 2. The van der Waals surface area contributed by atoms with E-state index in [1.54, 1.807) is 18.9 Å². The number of nitrogens with one attached hydrogen (secondary N) is 2. The van der Waals surface area contributed by atoms with Crippen LogP contribution in [0.5, 0.6) is 5.75 Å². The van der Waals surface area contributed by atoms with Crippen molar-refractivity contribution in [1.82, 2.24) is 10.6 Å². The van der Waals surface area contributed by atoms with E-state index in [-0.39, 0.29) is 30.6 Å². The van der Waals surface area contributed by atoms with Gasteiger partial charge in [0.2, 0.25) is 5.91 Å². The van der Waals surface area contributed by atoms with Crippen LogP contribution < -0.4 is 20.3 Å². The Hall–Kier alpha value is -1.83. The fourth-order valence-electron chi connectivity index (χ4n) is 2.48. The van der Waals surface area contributed by atoms with E-state index < -0.39 is 6.10 Å². The minimum atomic E-state index is -0.534. The van der Waals surface area contributed by atoms with Crippen LogP contribution in [0.1, 0.15) is 13.3 Å². The fourth-order valence-corrected chi connectivity index (χ4v) is 2.48. The molecule has 7 nitrogen and oxygen atoms in total. The predicted octanol–water partition coefficient (Wildman–Crippen LogP) is 0.965. The summed E-state index contributed by atoms with van der Waals surface area (Å²) in [6, 6.07) is 7.38. The minimum Gasteiger partial charge on any atom is -0.479 e. The molecule has 0 bridgehead atoms. The molecule has 0 aliphatic carbocycles. The van der Waals surface area contributed by atoms with Crippen molar-refractivity contribution >= 4 is 29.9 Å². The van der Waals surface area contributed by atoms with E-state index in [0.717, 1.165) is 12.2 Å². The highest BCUT2D eigenvalue weighted by Gasteiger charge is 2.31. The first-order valence-electron chi connectivity index (χ1n) is 8.17. The van der Waals surface area contributed by atoms with Gasteiger partial charge in [-0.15, -0.1) is 12.4 Å². The second kappa shape index (κ2) is 10.9. The van der Waals surface area contributed by atoms with Crippen LogP contribution in [0.4, 0.5) is 5.69 Å². The minimum absolute atomic E-state index is 0. The molecule has 25 heavy (non-hydrogen) atoms. The smallest absolute Gasteiger partial charge is 0.267 e. The average Bonchev–Trinajstić information content (AvgIpc) is 2.58. The third-order valence-electron chi connectivity index (χ3n) is 3.74. The summed E-state index contributed by atoms with van der Waals surface area (Å²) in [5.74, 6) is 0.475. The number of carbonyl (C=O) groups excluding carboxylic acids is 2. The van der Waals surface area contributed by atoms with E-state index in [4.69, 9.17) is 9.47 Å². The van der Waals surface area contributed by atoms with Crippen LogP contribution >= 0.6 is 12.4 Å². The first kappa shape index (κ1) is 21.2. The molecular formula is C17H26ClN3O4. The highest BCUT2D eigenvalue weighted by atomic mass is 35.5. The van der Waals surface area contributed by atoms with Gasteiger partial charge < -0.3 is 25.0 Å². The van der Waals surface area contributed by atoms with Crippen molar-refractivity contribution in [2.45, 2.75) is 19.4 Å². The van der Waals surface area contributed by atoms with Crippen LogP contribution in [0, 0.1) is 0 Å². The maximum absolute atomic E-state index is 12.3. The number of carbonyl (C=O) groups is 2. The van der Waals surface area contributed by atoms with E-state index >= 15 is 0 Å². The molecule has 1 aromatic rings. The quantitative estimate of drug-likeness (QED) is 0.632. The molecule has 140 valence electrons. The predicted molar refractivity (Wildman–Crippen MR) is 98.5 cm³/mol. The van der Waals surface area contributed by atoms with E-state index in [2.05, 4.69) is 10.6 Å². The highest BCUT2D eigenvalue weighted by molar-refractivity contribution is 6.00. The van der Waals surface area contributed by atoms with E-state index in [0.29, 0.717) is 32.0 Å². The molecule has 2 N–H and O–H groups in total. The zero-order chi connectivity index (χ0) is 17.4. The zero-order valence-electron chi connectivity index (χ0n) is 14.6. The van der Waals surface area contributed by atoms with Gasteiger partial charge in [0.1, 0.15) is 5.75 Å². The van der Waals surface area contributed by atoms with Crippen LogP contribution in [0.25, 0.3) is 0 Å². The summed E-state index contributed by atoms with van der Waals surface area (Å²) in [5.41, 5.74) is 0.717. The van der Waals surface area contributed by atoms with Gasteiger partial charge in [-0.05, 0) is 19.1 Å². The summed E-state index contributed by atoms with van der Waals surface area (Å²) in [4.78, 5) is 25.9. The van der Waals surface area contributed by atoms with Crippen molar-refractivity contribution < 1.29 is 19.1 Å². The van der Waals surface area contributed by atoms with Gasteiger partial charge in [-0.3, -0.25) is 9.59 Å². The topological polar surface area (TPSA) is 79.9 Å². The first-order chi connectivity index (χ1) is 11.6. The van der Waals surface area contributed by atoms with Gasteiger partial charge in [-0.2, -0.15) is 0 Å². The van der Waals surface area contributed by atoms with Crippen LogP contribution in [0.15, 0.2) is 24.3 Å². The zero-order valence-corrected chi connectivity index (χ0v) is 15.4. The molecule has 0 spiro atoms. The number of methoxy groups -OCH3 is 1. The molecule has 8 heteroatoms. The SMILES string of the molecule is COCCNCCNC(=O)CCN1C(=O)C(C)Oc2ccccc21.Cl. The number of halogens is 1. The molecule has 1 aliphatic rings. The van der Waals surface area contributed by atoms with Gasteiger partial charge in [0.05, 0.1) is 12.3 Å². The van der Waals surface area contributed by atoms with Crippen LogP contribution in [0.3, 0.4) is 0 Å². The Morgan fingerprint density at radius 1 is 1.28 bits per heavy atom. The second-order valence-electron chi connectivity index (χ2n) is 5.56. The van der Waals surface area contributed by atoms with E-state index in [1.807, 2.05) is 24.3 Å². The Bertz CT molecular complexity index is 571. The Morgan fingerprint density at radius 2 is 2.04 bits per heavy atom. The molecule has 1 aromatic carbocycles. The first-order valence-corrected chi connectivity index (χ1v) is 8.17. The largest absolute Gasteiger partial charge is 0.479 e. The van der Waals surface area contributed by atoms with Gasteiger partial charge in [-0.25, -0.2) is 0 Å². The lowest BCUT2D eigenvalue weighted by molar-refractivity contribution is -0.125. The number of anilines is 1. The maximum Gasteiger partial charge on any atom is 0.267 e. The number of rotatable bonds is 9. The van der Waals surface area contributed by atoms with Crippen molar-refractivity contribution in [2.75, 3.05) is 44.8 Å².